The van der Waals surface area contributed by atoms with Crippen molar-refractivity contribution in [3.63, 3.8) is 0 Å². The average molecular weight is 322 g/mol. The summed E-state index contributed by atoms with van der Waals surface area (Å²) in [5.41, 5.74) is 0. The maximum absolute atomic E-state index is 12.5. The number of amides is 3. The lowest BCUT2D eigenvalue weighted by atomic mass is 9.96. The fourth-order valence-electron chi connectivity index (χ4n) is 4.00. The van der Waals surface area contributed by atoms with Crippen LogP contribution in [0, 0.1) is 5.92 Å². The molecule has 0 aromatic heterocycles. The van der Waals surface area contributed by atoms with Crippen molar-refractivity contribution in [2.75, 3.05) is 26.2 Å². The zero-order valence-corrected chi connectivity index (χ0v) is 14.0. The molecule has 6 heteroatoms. The van der Waals surface area contributed by atoms with Gasteiger partial charge in [0.25, 0.3) is 0 Å². The molecular weight excluding hydrogens is 292 g/mol. The van der Waals surface area contributed by atoms with E-state index in [1.54, 1.807) is 0 Å². The number of piperidine rings is 2. The molecule has 0 bridgehead atoms. The van der Waals surface area contributed by atoms with Gasteiger partial charge in [-0.1, -0.05) is 12.8 Å². The zero-order valence-electron chi connectivity index (χ0n) is 14.0. The van der Waals surface area contributed by atoms with Gasteiger partial charge in [0.1, 0.15) is 0 Å². The normalized spacial score (nSPS) is 27.0. The summed E-state index contributed by atoms with van der Waals surface area (Å²) in [6, 6.07) is 0.661. The topological polar surface area (TPSA) is 73.5 Å². The fourth-order valence-corrected chi connectivity index (χ4v) is 4.00. The Hall–Kier alpha value is -1.30. The molecule has 0 radical (unpaired) electrons. The first-order chi connectivity index (χ1) is 11.2. The van der Waals surface area contributed by atoms with Gasteiger partial charge in [-0.15, -0.1) is 0 Å². The fraction of sp³-hybridized carbons (Fsp3) is 0.882. The second kappa shape index (κ2) is 7.99. The highest BCUT2D eigenvalue weighted by molar-refractivity contribution is 5.81. The number of hydrogen-bond donors (Lipinski definition) is 3. The molecule has 1 atom stereocenters. The van der Waals surface area contributed by atoms with E-state index in [1.807, 2.05) is 4.90 Å². The van der Waals surface area contributed by atoms with E-state index in [4.69, 9.17) is 0 Å². The van der Waals surface area contributed by atoms with Crippen LogP contribution >= 0.6 is 0 Å². The molecule has 3 fully saturated rings. The van der Waals surface area contributed by atoms with Crippen molar-refractivity contribution in [1.29, 1.82) is 0 Å². The predicted molar refractivity (Wildman–Crippen MR) is 89.1 cm³/mol. The van der Waals surface area contributed by atoms with E-state index in [0.717, 1.165) is 58.2 Å². The largest absolute Gasteiger partial charge is 0.353 e. The Morgan fingerprint density at radius 3 is 2.30 bits per heavy atom. The molecule has 3 aliphatic rings. The molecule has 0 spiro atoms. The predicted octanol–water partition coefficient (Wildman–Crippen LogP) is 1.22. The summed E-state index contributed by atoms with van der Waals surface area (Å²) >= 11 is 0. The molecule has 0 aromatic carbocycles. The van der Waals surface area contributed by atoms with E-state index < -0.39 is 0 Å². The van der Waals surface area contributed by atoms with Crippen LogP contribution < -0.4 is 16.0 Å². The van der Waals surface area contributed by atoms with Gasteiger partial charge in [0.15, 0.2) is 0 Å². The number of likely N-dealkylation sites (tertiary alicyclic amines) is 1. The van der Waals surface area contributed by atoms with Crippen LogP contribution in [-0.2, 0) is 4.79 Å². The second-order valence-corrected chi connectivity index (χ2v) is 7.25. The van der Waals surface area contributed by atoms with E-state index in [-0.39, 0.29) is 17.9 Å². The van der Waals surface area contributed by atoms with E-state index in [1.165, 1.54) is 12.8 Å². The van der Waals surface area contributed by atoms with Crippen molar-refractivity contribution in [3.8, 4) is 0 Å². The molecule has 2 heterocycles. The number of carbonyl (C=O) groups is 2. The van der Waals surface area contributed by atoms with Gasteiger partial charge in [0.2, 0.25) is 5.91 Å². The third-order valence-electron chi connectivity index (χ3n) is 5.45. The van der Waals surface area contributed by atoms with Crippen LogP contribution in [0.1, 0.15) is 51.4 Å². The van der Waals surface area contributed by atoms with E-state index in [2.05, 4.69) is 16.0 Å². The minimum atomic E-state index is -0.0482. The van der Waals surface area contributed by atoms with Crippen LogP contribution in [-0.4, -0.2) is 55.1 Å². The monoisotopic (exact) mass is 322 g/mol. The molecular formula is C17H30N4O2. The molecule has 2 aliphatic heterocycles. The zero-order chi connectivity index (χ0) is 16.1. The molecule has 3 N–H and O–H groups in total. The Bertz CT molecular complexity index is 417. The SMILES string of the molecule is O=C(NC1CCNCC1)C1CCCN(C(=O)NC2CCCC2)C1. The maximum atomic E-state index is 12.5. The molecule has 3 amide bonds. The van der Waals surface area contributed by atoms with Crippen LogP contribution in [0.3, 0.4) is 0 Å². The van der Waals surface area contributed by atoms with Gasteiger partial charge < -0.3 is 20.9 Å². The van der Waals surface area contributed by atoms with Crippen LogP contribution in [0.25, 0.3) is 0 Å². The Labute approximate surface area is 138 Å². The quantitative estimate of drug-likeness (QED) is 0.731. The Morgan fingerprint density at radius 1 is 0.870 bits per heavy atom. The summed E-state index contributed by atoms with van der Waals surface area (Å²) < 4.78 is 0. The van der Waals surface area contributed by atoms with Gasteiger partial charge in [-0.25, -0.2) is 4.79 Å². The van der Waals surface area contributed by atoms with Crippen LogP contribution in [0.15, 0.2) is 0 Å². The number of rotatable bonds is 3. The number of carbonyl (C=O) groups excluding carboxylic acids is 2. The molecule has 3 rings (SSSR count). The first-order valence-corrected chi connectivity index (χ1v) is 9.29. The summed E-state index contributed by atoms with van der Waals surface area (Å²) in [5, 5.41) is 9.63. The Balaban J connectivity index is 1.46. The van der Waals surface area contributed by atoms with Gasteiger partial charge in [0, 0.05) is 25.2 Å². The summed E-state index contributed by atoms with van der Waals surface area (Å²) in [6.45, 7) is 3.29. The van der Waals surface area contributed by atoms with Gasteiger partial charge in [-0.3, -0.25) is 4.79 Å². The van der Waals surface area contributed by atoms with E-state index in [0.29, 0.717) is 18.6 Å². The third-order valence-corrected chi connectivity index (χ3v) is 5.45. The smallest absolute Gasteiger partial charge is 0.317 e. The molecule has 1 unspecified atom stereocenters. The molecule has 130 valence electrons. The lowest BCUT2D eigenvalue weighted by Crippen LogP contribution is -2.52. The number of nitrogens with zero attached hydrogens (tertiary/aromatic N) is 1. The van der Waals surface area contributed by atoms with Crippen molar-refractivity contribution < 1.29 is 9.59 Å². The highest BCUT2D eigenvalue weighted by Crippen LogP contribution is 2.20. The Kier molecular flexibility index (Phi) is 5.75. The average Bonchev–Trinajstić information content (AvgIpc) is 3.09. The highest BCUT2D eigenvalue weighted by atomic mass is 16.2. The first kappa shape index (κ1) is 16.6. The number of hydrogen-bond acceptors (Lipinski definition) is 3. The summed E-state index contributed by atoms with van der Waals surface area (Å²) in [7, 11) is 0. The highest BCUT2D eigenvalue weighted by Gasteiger charge is 2.30. The van der Waals surface area contributed by atoms with Crippen molar-refractivity contribution in [2.45, 2.75) is 63.5 Å². The van der Waals surface area contributed by atoms with Crippen LogP contribution in [0.2, 0.25) is 0 Å². The molecule has 0 aromatic rings. The molecule has 1 saturated carbocycles. The van der Waals surface area contributed by atoms with Crippen LogP contribution in [0.4, 0.5) is 4.79 Å². The van der Waals surface area contributed by atoms with Gasteiger partial charge in [-0.2, -0.15) is 0 Å². The van der Waals surface area contributed by atoms with Crippen molar-refractivity contribution >= 4 is 11.9 Å². The summed E-state index contributed by atoms with van der Waals surface area (Å²) in [4.78, 5) is 26.7. The van der Waals surface area contributed by atoms with Gasteiger partial charge >= 0.3 is 6.03 Å². The molecule has 2 saturated heterocycles. The van der Waals surface area contributed by atoms with Crippen molar-refractivity contribution in [1.82, 2.24) is 20.9 Å². The van der Waals surface area contributed by atoms with Gasteiger partial charge in [0.05, 0.1) is 5.92 Å². The molecule has 6 nitrogen and oxygen atoms in total. The maximum Gasteiger partial charge on any atom is 0.317 e. The standard InChI is InChI=1S/C17H30N4O2/c22-16(19-15-7-9-18-10-8-15)13-4-3-11-21(12-13)17(23)20-14-5-1-2-6-14/h13-15,18H,1-12H2,(H,19,22)(H,20,23). The van der Waals surface area contributed by atoms with Crippen molar-refractivity contribution in [3.05, 3.63) is 0 Å². The second-order valence-electron chi connectivity index (χ2n) is 7.25. The summed E-state index contributed by atoms with van der Waals surface area (Å²) in [5.74, 6) is 0.0863. The van der Waals surface area contributed by atoms with E-state index >= 15 is 0 Å². The minimum absolute atomic E-state index is 0.0243. The number of nitrogens with one attached hydrogen (secondary N) is 3. The third kappa shape index (κ3) is 4.59. The number of urea groups is 1. The summed E-state index contributed by atoms with van der Waals surface area (Å²) in [6.07, 6.45) is 8.44. The van der Waals surface area contributed by atoms with Gasteiger partial charge in [-0.05, 0) is 51.6 Å². The van der Waals surface area contributed by atoms with Crippen molar-refractivity contribution in [2.24, 2.45) is 5.92 Å². The Morgan fingerprint density at radius 2 is 1.57 bits per heavy atom. The lowest BCUT2D eigenvalue weighted by molar-refractivity contribution is -0.127. The molecule has 23 heavy (non-hydrogen) atoms. The first-order valence-electron chi connectivity index (χ1n) is 9.29. The molecule has 1 aliphatic carbocycles. The van der Waals surface area contributed by atoms with Crippen LogP contribution in [0.5, 0.6) is 0 Å². The lowest BCUT2D eigenvalue weighted by Gasteiger charge is -2.34. The minimum Gasteiger partial charge on any atom is -0.353 e. The van der Waals surface area contributed by atoms with E-state index in [9.17, 15) is 9.59 Å².